The maximum absolute atomic E-state index is 12.1. The molecule has 0 unspecified atom stereocenters. The van der Waals surface area contributed by atoms with Gasteiger partial charge in [-0.3, -0.25) is 4.79 Å². The standard InChI is InChI=1S/C20H24N4OS2/c1-4-20(2,3)15-5-6-16-13(10-15)9-14(11-21)18(23-16)27-12-17(25)24-19-22-7-8-26-19/h7-9,15H,4-6,10,12H2,1-3H3,(H,22,24,25)/t15-/m1/s1. The fourth-order valence-electron chi connectivity index (χ4n) is 3.37. The number of pyridine rings is 1. The summed E-state index contributed by atoms with van der Waals surface area (Å²) in [5.74, 6) is 0.694. The normalized spacial score (nSPS) is 16.4. The molecule has 1 amide bonds. The summed E-state index contributed by atoms with van der Waals surface area (Å²) in [4.78, 5) is 20.9. The van der Waals surface area contributed by atoms with E-state index in [0.29, 0.717) is 27.1 Å². The lowest BCUT2D eigenvalue weighted by molar-refractivity contribution is -0.113. The molecule has 1 aliphatic carbocycles. The quantitative estimate of drug-likeness (QED) is 0.712. The van der Waals surface area contributed by atoms with Crippen molar-refractivity contribution in [3.8, 4) is 6.07 Å². The Morgan fingerprint density at radius 1 is 1.52 bits per heavy atom. The molecule has 1 aliphatic rings. The summed E-state index contributed by atoms with van der Waals surface area (Å²) in [6.07, 6.45) is 5.84. The van der Waals surface area contributed by atoms with Crippen LogP contribution < -0.4 is 5.32 Å². The van der Waals surface area contributed by atoms with E-state index in [1.807, 2.05) is 11.4 Å². The van der Waals surface area contributed by atoms with Crippen molar-refractivity contribution in [2.75, 3.05) is 11.1 Å². The summed E-state index contributed by atoms with van der Waals surface area (Å²) >= 11 is 2.70. The van der Waals surface area contributed by atoms with Gasteiger partial charge >= 0.3 is 0 Å². The van der Waals surface area contributed by atoms with E-state index in [0.717, 1.165) is 31.4 Å². The smallest absolute Gasteiger partial charge is 0.236 e. The Bertz CT molecular complexity index is 856. The number of aryl methyl sites for hydroxylation is 1. The average Bonchev–Trinajstić information content (AvgIpc) is 3.18. The third kappa shape index (κ3) is 4.69. The van der Waals surface area contributed by atoms with Crippen molar-refractivity contribution in [1.29, 1.82) is 5.26 Å². The number of nitrogens with one attached hydrogen (secondary N) is 1. The van der Waals surface area contributed by atoms with Crippen molar-refractivity contribution in [3.63, 3.8) is 0 Å². The van der Waals surface area contributed by atoms with Crippen molar-refractivity contribution in [1.82, 2.24) is 9.97 Å². The minimum atomic E-state index is -0.136. The maximum Gasteiger partial charge on any atom is 0.236 e. The van der Waals surface area contributed by atoms with Crippen LogP contribution in [0.15, 0.2) is 22.7 Å². The van der Waals surface area contributed by atoms with Crippen LogP contribution in [-0.4, -0.2) is 21.6 Å². The fourth-order valence-corrected chi connectivity index (χ4v) is 4.69. The Kier molecular flexibility index (Phi) is 6.18. The molecular formula is C20H24N4OS2. The molecule has 27 heavy (non-hydrogen) atoms. The Morgan fingerprint density at radius 2 is 2.33 bits per heavy atom. The number of amides is 1. The molecule has 3 rings (SSSR count). The second-order valence-corrected chi connectivity index (χ2v) is 9.37. The van der Waals surface area contributed by atoms with Gasteiger partial charge in [-0.15, -0.1) is 11.3 Å². The monoisotopic (exact) mass is 400 g/mol. The molecule has 0 fully saturated rings. The van der Waals surface area contributed by atoms with Gasteiger partial charge in [0.2, 0.25) is 5.91 Å². The fraction of sp³-hybridized carbons (Fsp3) is 0.500. The van der Waals surface area contributed by atoms with Crippen LogP contribution in [-0.2, 0) is 17.6 Å². The highest BCUT2D eigenvalue weighted by molar-refractivity contribution is 8.00. The van der Waals surface area contributed by atoms with E-state index in [4.69, 9.17) is 4.98 Å². The number of anilines is 1. The van der Waals surface area contributed by atoms with Gasteiger partial charge in [0.05, 0.1) is 11.3 Å². The molecule has 0 aromatic carbocycles. The van der Waals surface area contributed by atoms with Gasteiger partial charge in [0.1, 0.15) is 11.1 Å². The molecule has 0 saturated heterocycles. The van der Waals surface area contributed by atoms with Crippen LogP contribution >= 0.6 is 23.1 Å². The highest BCUT2D eigenvalue weighted by Crippen LogP contribution is 2.40. The van der Waals surface area contributed by atoms with Crippen molar-refractivity contribution < 1.29 is 4.79 Å². The molecule has 1 N–H and O–H groups in total. The number of rotatable bonds is 6. The SMILES string of the molecule is CCC(C)(C)[C@@H]1CCc2nc(SCC(=O)Nc3nccs3)c(C#N)cc2C1. The van der Waals surface area contributed by atoms with E-state index in [1.165, 1.54) is 28.7 Å². The van der Waals surface area contributed by atoms with Gasteiger partial charge < -0.3 is 5.32 Å². The Morgan fingerprint density at radius 3 is 3.00 bits per heavy atom. The number of thiazole rings is 1. The second-order valence-electron chi connectivity index (χ2n) is 7.51. The summed E-state index contributed by atoms with van der Waals surface area (Å²) in [5, 5.41) is 15.4. The molecule has 0 aliphatic heterocycles. The third-order valence-corrected chi connectivity index (χ3v) is 7.19. The predicted octanol–water partition coefficient (Wildman–Crippen LogP) is 4.68. The number of fused-ring (bicyclic) bond motifs is 1. The van der Waals surface area contributed by atoms with Crippen molar-refractivity contribution in [2.45, 2.75) is 51.5 Å². The zero-order chi connectivity index (χ0) is 19.4. The first-order valence-electron chi connectivity index (χ1n) is 9.18. The van der Waals surface area contributed by atoms with Gasteiger partial charge in [0, 0.05) is 17.3 Å². The van der Waals surface area contributed by atoms with E-state index in [9.17, 15) is 10.1 Å². The topological polar surface area (TPSA) is 78.7 Å². The van der Waals surface area contributed by atoms with E-state index in [2.05, 4.69) is 37.1 Å². The molecule has 5 nitrogen and oxygen atoms in total. The molecular weight excluding hydrogens is 376 g/mol. The Labute approximate surface area is 168 Å². The lowest BCUT2D eigenvalue weighted by atomic mass is 9.69. The number of carbonyl (C=O) groups is 1. The first kappa shape index (κ1) is 19.8. The minimum Gasteiger partial charge on any atom is -0.301 e. The number of hydrogen-bond acceptors (Lipinski definition) is 6. The van der Waals surface area contributed by atoms with Crippen LogP contribution in [0, 0.1) is 22.7 Å². The van der Waals surface area contributed by atoms with Crippen molar-refractivity contribution in [3.05, 3.63) is 34.5 Å². The van der Waals surface area contributed by atoms with Crippen LogP contribution in [0.1, 0.15) is 50.4 Å². The molecule has 7 heteroatoms. The molecule has 2 aromatic rings. The van der Waals surface area contributed by atoms with E-state index in [1.54, 1.807) is 6.20 Å². The van der Waals surface area contributed by atoms with Crippen LogP contribution in [0.4, 0.5) is 5.13 Å². The lowest BCUT2D eigenvalue weighted by Crippen LogP contribution is -2.29. The number of thioether (sulfide) groups is 1. The Balaban J connectivity index is 1.71. The molecule has 0 spiro atoms. The van der Waals surface area contributed by atoms with Gasteiger partial charge in [0.15, 0.2) is 5.13 Å². The zero-order valence-corrected chi connectivity index (χ0v) is 17.5. The predicted molar refractivity (Wildman–Crippen MR) is 110 cm³/mol. The van der Waals surface area contributed by atoms with Crippen LogP contribution in [0.25, 0.3) is 0 Å². The number of nitrogens with zero attached hydrogens (tertiary/aromatic N) is 3. The Hall–Kier alpha value is -1.91. The largest absolute Gasteiger partial charge is 0.301 e. The number of carbonyl (C=O) groups excluding carboxylic acids is 1. The van der Waals surface area contributed by atoms with Gasteiger partial charge in [-0.2, -0.15) is 5.26 Å². The van der Waals surface area contributed by atoms with Crippen LogP contribution in [0.2, 0.25) is 0 Å². The molecule has 0 saturated carbocycles. The van der Waals surface area contributed by atoms with Gasteiger partial charge in [0.25, 0.3) is 0 Å². The summed E-state index contributed by atoms with van der Waals surface area (Å²) in [6, 6.07) is 4.24. The first-order valence-corrected chi connectivity index (χ1v) is 11.0. The van der Waals surface area contributed by atoms with Gasteiger partial charge in [-0.1, -0.05) is 39.0 Å². The summed E-state index contributed by atoms with van der Waals surface area (Å²) < 4.78 is 0. The molecule has 142 valence electrons. The molecule has 2 aromatic heterocycles. The summed E-state index contributed by atoms with van der Waals surface area (Å²) in [7, 11) is 0. The number of hydrogen-bond donors (Lipinski definition) is 1. The first-order chi connectivity index (χ1) is 12.9. The number of aromatic nitrogens is 2. The van der Waals surface area contributed by atoms with E-state index in [-0.39, 0.29) is 11.7 Å². The van der Waals surface area contributed by atoms with E-state index >= 15 is 0 Å². The zero-order valence-electron chi connectivity index (χ0n) is 15.9. The summed E-state index contributed by atoms with van der Waals surface area (Å²) in [6.45, 7) is 6.89. The third-order valence-electron chi connectivity index (χ3n) is 5.51. The van der Waals surface area contributed by atoms with Gasteiger partial charge in [-0.25, -0.2) is 9.97 Å². The molecule has 1 atom stereocenters. The van der Waals surface area contributed by atoms with Crippen LogP contribution in [0.5, 0.6) is 0 Å². The second kappa shape index (κ2) is 8.41. The average molecular weight is 401 g/mol. The molecule has 0 bridgehead atoms. The van der Waals surface area contributed by atoms with E-state index < -0.39 is 0 Å². The van der Waals surface area contributed by atoms with Gasteiger partial charge in [-0.05, 0) is 42.2 Å². The summed E-state index contributed by atoms with van der Waals surface area (Å²) in [5.41, 5.74) is 3.14. The molecule has 0 radical (unpaired) electrons. The lowest BCUT2D eigenvalue weighted by Gasteiger charge is -2.37. The minimum absolute atomic E-state index is 0.136. The number of nitriles is 1. The highest BCUT2D eigenvalue weighted by atomic mass is 32.2. The maximum atomic E-state index is 12.1. The molecule has 2 heterocycles. The van der Waals surface area contributed by atoms with Crippen molar-refractivity contribution in [2.24, 2.45) is 11.3 Å². The highest BCUT2D eigenvalue weighted by Gasteiger charge is 2.32. The van der Waals surface area contributed by atoms with Crippen molar-refractivity contribution >= 4 is 34.1 Å². The van der Waals surface area contributed by atoms with Crippen LogP contribution in [0.3, 0.4) is 0 Å².